The first-order valence-electron chi connectivity index (χ1n) is 3.17. The third-order valence-corrected chi connectivity index (χ3v) is 2.68. The summed E-state index contributed by atoms with van der Waals surface area (Å²) >= 11 is 8.09. The summed E-state index contributed by atoms with van der Waals surface area (Å²) in [6.45, 7) is -5.34. The van der Waals surface area contributed by atoms with Gasteiger partial charge in [0.05, 0.1) is 5.02 Å². The van der Waals surface area contributed by atoms with Gasteiger partial charge in [0.15, 0.2) is 0 Å². The second-order valence-corrected chi connectivity index (χ2v) is 3.57. The molecule has 1 rings (SSSR count). The second-order valence-electron chi connectivity index (χ2n) is 2.34. The molecule has 1 aromatic rings. The Morgan fingerprint density at radius 2 is 1.71 bits per heavy atom. The van der Waals surface area contributed by atoms with E-state index >= 15 is 0 Å². The monoisotopic (exact) mass is 314 g/mol. The van der Waals surface area contributed by atoms with Crippen LogP contribution in [0.3, 0.4) is 0 Å². The van der Waals surface area contributed by atoms with Crippen LogP contribution >= 0.6 is 27.5 Å². The SMILES string of the molecule is Fc1c([B-](F)(F)F)ccc(Br)c1Cl.[K+]. The maximum absolute atomic E-state index is 12.9. The predicted octanol–water partition coefficient (Wildman–Crippen LogP) is 0.300. The summed E-state index contributed by atoms with van der Waals surface area (Å²) in [7, 11) is 0. The van der Waals surface area contributed by atoms with Crippen LogP contribution in [0.5, 0.6) is 0 Å². The molecule has 0 aliphatic heterocycles. The van der Waals surface area contributed by atoms with Crippen molar-refractivity contribution in [3.05, 3.63) is 27.4 Å². The van der Waals surface area contributed by atoms with Gasteiger partial charge in [-0.05, 0) is 22.0 Å². The summed E-state index contributed by atoms with van der Waals surface area (Å²) in [5.74, 6) is -1.43. The van der Waals surface area contributed by atoms with Crippen molar-refractivity contribution in [2.24, 2.45) is 0 Å². The Morgan fingerprint density at radius 1 is 1.21 bits per heavy atom. The molecular weight excluding hydrogens is 313 g/mol. The van der Waals surface area contributed by atoms with Gasteiger partial charge in [-0.3, -0.25) is 0 Å². The number of halogens is 6. The zero-order valence-electron chi connectivity index (χ0n) is 7.00. The molecule has 0 heterocycles. The van der Waals surface area contributed by atoms with Gasteiger partial charge in [-0.1, -0.05) is 23.1 Å². The van der Waals surface area contributed by atoms with Crippen molar-refractivity contribution in [3.63, 3.8) is 0 Å². The first-order chi connectivity index (χ1) is 5.84. The molecule has 0 aliphatic rings. The van der Waals surface area contributed by atoms with E-state index in [4.69, 9.17) is 11.6 Å². The van der Waals surface area contributed by atoms with E-state index in [-0.39, 0.29) is 55.9 Å². The fourth-order valence-corrected chi connectivity index (χ4v) is 1.27. The molecule has 0 spiro atoms. The Kier molecular flexibility index (Phi) is 6.22. The molecule has 0 fully saturated rings. The Hall–Kier alpha value is 1.41. The average Bonchev–Trinajstić information content (AvgIpc) is 1.98. The Bertz CT molecular complexity index is 343. The smallest absolute Gasteiger partial charge is 0.445 e. The van der Waals surface area contributed by atoms with Gasteiger partial charge in [-0.2, -0.15) is 0 Å². The number of hydrogen-bond donors (Lipinski definition) is 0. The third-order valence-electron chi connectivity index (χ3n) is 1.42. The minimum absolute atomic E-state index is 0. The van der Waals surface area contributed by atoms with Gasteiger partial charge in [0.1, 0.15) is 5.82 Å². The van der Waals surface area contributed by atoms with Crippen LogP contribution in [0.15, 0.2) is 16.6 Å². The molecule has 1 aromatic carbocycles. The van der Waals surface area contributed by atoms with Gasteiger partial charge in [0, 0.05) is 4.47 Å². The van der Waals surface area contributed by atoms with Crippen LogP contribution in [0.25, 0.3) is 0 Å². The normalized spacial score (nSPS) is 11.0. The molecule has 8 heteroatoms. The van der Waals surface area contributed by atoms with Crippen LogP contribution in [-0.4, -0.2) is 6.98 Å². The minimum atomic E-state index is -5.34. The van der Waals surface area contributed by atoms with Crippen LogP contribution in [0, 0.1) is 5.82 Å². The van der Waals surface area contributed by atoms with Crippen LogP contribution < -0.4 is 56.8 Å². The molecule has 0 radical (unpaired) electrons. The molecule has 0 saturated carbocycles. The molecule has 72 valence electrons. The van der Waals surface area contributed by atoms with Gasteiger partial charge < -0.3 is 12.9 Å². The van der Waals surface area contributed by atoms with E-state index in [0.29, 0.717) is 6.07 Å². The topological polar surface area (TPSA) is 0 Å². The summed E-state index contributed by atoms with van der Waals surface area (Å²) < 4.78 is 49.3. The van der Waals surface area contributed by atoms with Crippen LogP contribution in [0.2, 0.25) is 5.02 Å². The minimum Gasteiger partial charge on any atom is -0.445 e. The molecule has 14 heavy (non-hydrogen) atoms. The summed E-state index contributed by atoms with van der Waals surface area (Å²) in [6, 6.07) is 1.72. The van der Waals surface area contributed by atoms with Gasteiger partial charge in [-0.15, -0.1) is 0 Å². The Labute approximate surface area is 134 Å². The molecule has 0 atom stereocenters. The zero-order valence-corrected chi connectivity index (χ0v) is 12.5. The van der Waals surface area contributed by atoms with E-state index < -0.39 is 23.3 Å². The van der Waals surface area contributed by atoms with Crippen molar-refractivity contribution < 1.29 is 68.7 Å². The van der Waals surface area contributed by atoms with E-state index in [2.05, 4.69) is 15.9 Å². The van der Waals surface area contributed by atoms with Crippen molar-refractivity contribution in [1.82, 2.24) is 0 Å². The Morgan fingerprint density at radius 3 is 2.14 bits per heavy atom. The van der Waals surface area contributed by atoms with Gasteiger partial charge in [-0.25, -0.2) is 4.39 Å². The van der Waals surface area contributed by atoms with Crippen LogP contribution in [0.4, 0.5) is 17.3 Å². The van der Waals surface area contributed by atoms with Crippen LogP contribution in [-0.2, 0) is 0 Å². The third kappa shape index (κ3) is 3.47. The average molecular weight is 315 g/mol. The van der Waals surface area contributed by atoms with Crippen molar-refractivity contribution in [2.45, 2.75) is 0 Å². The number of hydrogen-bond acceptors (Lipinski definition) is 0. The first-order valence-corrected chi connectivity index (χ1v) is 4.34. The molecule has 0 unspecified atom stereocenters. The fourth-order valence-electron chi connectivity index (χ4n) is 0.794. The molecule has 0 N–H and O–H groups in total. The summed E-state index contributed by atoms with van der Waals surface area (Å²) in [5.41, 5.74) is -1.30. The molecule has 0 saturated heterocycles. The molecule has 0 aromatic heterocycles. The summed E-state index contributed by atoms with van der Waals surface area (Å²) in [5, 5.41) is -0.545. The molecule has 0 amide bonds. The zero-order chi connectivity index (χ0) is 10.2. The van der Waals surface area contributed by atoms with Gasteiger partial charge in [0.2, 0.25) is 0 Å². The fraction of sp³-hybridized carbons (Fsp3) is 0. The molecule has 0 bridgehead atoms. The van der Waals surface area contributed by atoms with E-state index in [9.17, 15) is 17.3 Å². The molecular formula is C6H2BBrClF4K. The van der Waals surface area contributed by atoms with Crippen molar-refractivity contribution >= 4 is 40.0 Å². The van der Waals surface area contributed by atoms with E-state index in [0.717, 1.165) is 6.07 Å². The number of rotatable bonds is 1. The largest absolute Gasteiger partial charge is 1.00 e. The van der Waals surface area contributed by atoms with Crippen molar-refractivity contribution in [2.75, 3.05) is 0 Å². The summed E-state index contributed by atoms with van der Waals surface area (Å²) in [4.78, 5) is 0. The van der Waals surface area contributed by atoms with Gasteiger partial charge >= 0.3 is 58.4 Å². The predicted molar refractivity (Wildman–Crippen MR) is 47.8 cm³/mol. The van der Waals surface area contributed by atoms with Crippen LogP contribution in [0.1, 0.15) is 0 Å². The van der Waals surface area contributed by atoms with Crippen molar-refractivity contribution in [1.29, 1.82) is 0 Å². The van der Waals surface area contributed by atoms with E-state index in [1.165, 1.54) is 0 Å². The number of benzene rings is 1. The summed E-state index contributed by atoms with van der Waals surface area (Å²) in [6.07, 6.45) is 0. The molecule has 0 aliphatic carbocycles. The maximum Gasteiger partial charge on any atom is 1.00 e. The van der Waals surface area contributed by atoms with E-state index in [1.54, 1.807) is 0 Å². The first kappa shape index (κ1) is 15.4. The van der Waals surface area contributed by atoms with Gasteiger partial charge in [0.25, 0.3) is 0 Å². The molecule has 0 nitrogen and oxygen atoms in total. The quantitative estimate of drug-likeness (QED) is 0.397. The maximum atomic E-state index is 12.9. The standard InChI is InChI=1S/C6H2BBrClF4.K/c8-4-2-1-3(7(11,12)13)6(10)5(4)9;/h1-2H;/q-1;+1. The van der Waals surface area contributed by atoms with Crippen molar-refractivity contribution in [3.8, 4) is 0 Å². The second kappa shape index (κ2) is 5.65. The van der Waals surface area contributed by atoms with E-state index in [1.807, 2.05) is 0 Å². The Balaban J connectivity index is 0.00000169.